The lowest BCUT2D eigenvalue weighted by atomic mass is 9.65. The molecule has 0 aliphatic heterocycles. The van der Waals surface area contributed by atoms with Crippen molar-refractivity contribution < 1.29 is 0 Å². The lowest BCUT2D eigenvalue weighted by molar-refractivity contribution is 0.0955. The molecule has 2 fully saturated rings. The average molecular weight is 280 g/mol. The van der Waals surface area contributed by atoms with Crippen LogP contribution in [-0.2, 0) is 0 Å². The molecule has 0 aromatic heterocycles. The Hall–Kier alpha value is -0.0800. The zero-order valence-electron chi connectivity index (χ0n) is 14.2. The van der Waals surface area contributed by atoms with E-state index in [4.69, 9.17) is 5.73 Å². The van der Waals surface area contributed by atoms with E-state index < -0.39 is 0 Å². The quantitative estimate of drug-likeness (QED) is 0.796. The summed E-state index contributed by atoms with van der Waals surface area (Å²) in [5, 5.41) is 3.98. The molecule has 2 rings (SSSR count). The summed E-state index contributed by atoms with van der Waals surface area (Å²) in [6.07, 6.45) is 10.7. The largest absolute Gasteiger partial charge is 0.329 e. The summed E-state index contributed by atoms with van der Waals surface area (Å²) in [6.45, 7) is 10.4. The summed E-state index contributed by atoms with van der Waals surface area (Å²) >= 11 is 0. The summed E-state index contributed by atoms with van der Waals surface area (Å²) in [5.74, 6) is 1.79. The van der Waals surface area contributed by atoms with E-state index in [0.717, 1.165) is 24.4 Å². The molecule has 2 nitrogen and oxygen atoms in total. The molecule has 0 radical (unpaired) electrons. The maximum Gasteiger partial charge on any atom is 0.0306 e. The summed E-state index contributed by atoms with van der Waals surface area (Å²) in [6, 6.07) is 0.726. The van der Waals surface area contributed by atoms with Crippen LogP contribution in [0, 0.1) is 17.3 Å². The van der Waals surface area contributed by atoms with Gasteiger partial charge in [0.1, 0.15) is 0 Å². The molecule has 0 spiro atoms. The summed E-state index contributed by atoms with van der Waals surface area (Å²) < 4.78 is 0. The van der Waals surface area contributed by atoms with Gasteiger partial charge in [-0.1, -0.05) is 34.1 Å². The Bertz CT molecular complexity index is 303. The summed E-state index contributed by atoms with van der Waals surface area (Å²) in [7, 11) is 0. The van der Waals surface area contributed by atoms with E-state index in [1.165, 1.54) is 51.4 Å². The number of hydrogen-bond donors (Lipinski definition) is 2. The molecule has 2 atom stereocenters. The molecule has 20 heavy (non-hydrogen) atoms. The Morgan fingerprint density at radius 1 is 1.15 bits per heavy atom. The van der Waals surface area contributed by atoms with Gasteiger partial charge in [0, 0.05) is 18.1 Å². The van der Waals surface area contributed by atoms with E-state index in [2.05, 4.69) is 33.0 Å². The van der Waals surface area contributed by atoms with E-state index in [1.54, 1.807) is 0 Å². The average Bonchev–Trinajstić information content (AvgIpc) is 2.84. The molecule has 2 aliphatic carbocycles. The first-order valence-corrected chi connectivity index (χ1v) is 8.88. The van der Waals surface area contributed by atoms with Crippen molar-refractivity contribution in [3.05, 3.63) is 0 Å². The van der Waals surface area contributed by atoms with E-state index in [1.807, 2.05) is 0 Å². The van der Waals surface area contributed by atoms with Gasteiger partial charge in [0.15, 0.2) is 0 Å². The fraction of sp³-hybridized carbons (Fsp3) is 1.00. The predicted molar refractivity (Wildman–Crippen MR) is 87.8 cm³/mol. The molecule has 3 N–H and O–H groups in total. The first kappa shape index (κ1) is 16.3. The Labute approximate surface area is 126 Å². The van der Waals surface area contributed by atoms with Gasteiger partial charge in [-0.2, -0.15) is 0 Å². The second kappa shape index (κ2) is 6.36. The van der Waals surface area contributed by atoms with Crippen LogP contribution in [0.3, 0.4) is 0 Å². The topological polar surface area (TPSA) is 38.0 Å². The van der Waals surface area contributed by atoms with Crippen LogP contribution in [0.2, 0.25) is 0 Å². The van der Waals surface area contributed by atoms with Crippen molar-refractivity contribution in [1.29, 1.82) is 0 Å². The Morgan fingerprint density at radius 3 is 2.25 bits per heavy atom. The van der Waals surface area contributed by atoms with E-state index in [0.29, 0.717) is 5.41 Å². The predicted octanol–water partition coefficient (Wildman–Crippen LogP) is 4.09. The second-order valence-electron chi connectivity index (χ2n) is 8.36. The summed E-state index contributed by atoms with van der Waals surface area (Å²) in [4.78, 5) is 0. The Morgan fingerprint density at radius 2 is 1.80 bits per heavy atom. The van der Waals surface area contributed by atoms with Crippen molar-refractivity contribution >= 4 is 0 Å². The maximum atomic E-state index is 6.18. The zero-order valence-corrected chi connectivity index (χ0v) is 14.2. The SMILES string of the molecule is CCC(C)(C)C1CCC(CN)(NC2CCC(C)C2)CC1. The minimum Gasteiger partial charge on any atom is -0.329 e. The normalized spacial score (nSPS) is 39.1. The minimum atomic E-state index is 0.245. The highest BCUT2D eigenvalue weighted by molar-refractivity contribution is 4.99. The Balaban J connectivity index is 1.91. The molecule has 0 saturated heterocycles. The molecule has 118 valence electrons. The van der Waals surface area contributed by atoms with Crippen LogP contribution < -0.4 is 11.1 Å². The third kappa shape index (κ3) is 3.57. The van der Waals surface area contributed by atoms with E-state index >= 15 is 0 Å². The molecule has 2 unspecified atom stereocenters. The first-order valence-electron chi connectivity index (χ1n) is 8.88. The van der Waals surface area contributed by atoms with Crippen molar-refractivity contribution in [1.82, 2.24) is 5.32 Å². The van der Waals surface area contributed by atoms with Crippen LogP contribution >= 0.6 is 0 Å². The van der Waals surface area contributed by atoms with Gasteiger partial charge in [-0.25, -0.2) is 0 Å². The molecule has 2 heteroatoms. The van der Waals surface area contributed by atoms with Gasteiger partial charge in [-0.05, 0) is 62.2 Å². The van der Waals surface area contributed by atoms with Crippen LogP contribution in [0.5, 0.6) is 0 Å². The van der Waals surface area contributed by atoms with Gasteiger partial charge in [0.05, 0.1) is 0 Å². The summed E-state index contributed by atoms with van der Waals surface area (Å²) in [5.41, 5.74) is 6.92. The molecule has 0 aromatic rings. The lowest BCUT2D eigenvalue weighted by Crippen LogP contribution is -2.57. The lowest BCUT2D eigenvalue weighted by Gasteiger charge is -2.46. The third-order valence-electron chi connectivity index (χ3n) is 6.55. The monoisotopic (exact) mass is 280 g/mol. The molecular weight excluding hydrogens is 244 g/mol. The highest BCUT2D eigenvalue weighted by Crippen LogP contribution is 2.43. The fourth-order valence-corrected chi connectivity index (χ4v) is 4.42. The molecular formula is C18H36N2. The van der Waals surface area contributed by atoms with Gasteiger partial charge in [-0.3, -0.25) is 0 Å². The number of nitrogens with two attached hydrogens (primary N) is 1. The zero-order chi connectivity index (χ0) is 14.8. The van der Waals surface area contributed by atoms with Crippen LogP contribution in [0.4, 0.5) is 0 Å². The molecule has 2 saturated carbocycles. The molecule has 2 aliphatic rings. The van der Waals surface area contributed by atoms with E-state index in [-0.39, 0.29) is 5.54 Å². The molecule has 0 heterocycles. The van der Waals surface area contributed by atoms with Crippen molar-refractivity contribution in [3.8, 4) is 0 Å². The van der Waals surface area contributed by atoms with Crippen LogP contribution in [0.25, 0.3) is 0 Å². The maximum absolute atomic E-state index is 6.18. The first-order chi connectivity index (χ1) is 9.41. The van der Waals surface area contributed by atoms with Gasteiger partial charge < -0.3 is 11.1 Å². The highest BCUT2D eigenvalue weighted by Gasteiger charge is 2.40. The second-order valence-corrected chi connectivity index (χ2v) is 8.36. The number of nitrogens with one attached hydrogen (secondary N) is 1. The highest BCUT2D eigenvalue weighted by atomic mass is 15.0. The van der Waals surface area contributed by atoms with Gasteiger partial charge >= 0.3 is 0 Å². The Kier molecular flexibility index (Phi) is 5.18. The third-order valence-corrected chi connectivity index (χ3v) is 6.55. The van der Waals surface area contributed by atoms with Crippen molar-refractivity contribution in [2.45, 2.75) is 90.6 Å². The molecule has 0 amide bonds. The fourth-order valence-electron chi connectivity index (χ4n) is 4.42. The van der Waals surface area contributed by atoms with Crippen LogP contribution in [0.1, 0.15) is 79.1 Å². The van der Waals surface area contributed by atoms with Gasteiger partial charge in [0.25, 0.3) is 0 Å². The van der Waals surface area contributed by atoms with Crippen LogP contribution in [0.15, 0.2) is 0 Å². The molecule has 0 aromatic carbocycles. The van der Waals surface area contributed by atoms with Crippen molar-refractivity contribution in [3.63, 3.8) is 0 Å². The standard InChI is InChI=1S/C18H36N2/c1-5-17(3,4)15-8-10-18(13-19,11-9-15)20-16-7-6-14(2)12-16/h14-16,20H,5-13,19H2,1-4H3. The number of hydrogen-bond acceptors (Lipinski definition) is 2. The van der Waals surface area contributed by atoms with Gasteiger partial charge in [-0.15, -0.1) is 0 Å². The van der Waals surface area contributed by atoms with Crippen LogP contribution in [-0.4, -0.2) is 18.1 Å². The van der Waals surface area contributed by atoms with Crippen molar-refractivity contribution in [2.75, 3.05) is 6.54 Å². The minimum absolute atomic E-state index is 0.245. The van der Waals surface area contributed by atoms with Gasteiger partial charge in [0.2, 0.25) is 0 Å². The number of rotatable bonds is 5. The van der Waals surface area contributed by atoms with E-state index in [9.17, 15) is 0 Å². The van der Waals surface area contributed by atoms with Crippen molar-refractivity contribution in [2.24, 2.45) is 23.0 Å². The molecule has 0 bridgehead atoms. The smallest absolute Gasteiger partial charge is 0.0306 e.